The van der Waals surface area contributed by atoms with Crippen LogP contribution in [0.5, 0.6) is 5.88 Å². The summed E-state index contributed by atoms with van der Waals surface area (Å²) in [5.41, 5.74) is -0.184. The highest BCUT2D eigenvalue weighted by molar-refractivity contribution is 5.87. The summed E-state index contributed by atoms with van der Waals surface area (Å²) < 4.78 is 44.1. The summed E-state index contributed by atoms with van der Waals surface area (Å²) in [6, 6.07) is 16.9. The van der Waals surface area contributed by atoms with Crippen LogP contribution in [0.1, 0.15) is 59.3 Å². The highest BCUT2D eigenvalue weighted by Gasteiger charge is 2.34. The third-order valence-electron chi connectivity index (χ3n) is 6.03. The topological polar surface area (TPSA) is 112 Å². The number of pyridine rings is 1. The van der Waals surface area contributed by atoms with Crippen LogP contribution in [-0.2, 0) is 17.4 Å². The number of benzene rings is 2. The van der Waals surface area contributed by atoms with Gasteiger partial charge in [0.25, 0.3) is 5.91 Å². The molecule has 1 heterocycles. The van der Waals surface area contributed by atoms with E-state index in [0.29, 0.717) is 18.2 Å². The summed E-state index contributed by atoms with van der Waals surface area (Å²) in [6.45, 7) is 4.74. The van der Waals surface area contributed by atoms with Crippen LogP contribution in [0.25, 0.3) is 0 Å². The number of nitrogens with zero attached hydrogens (tertiary/aromatic N) is 2. The summed E-state index contributed by atoms with van der Waals surface area (Å²) in [5.74, 6) is -2.00. The molecule has 1 amide bonds. The van der Waals surface area contributed by atoms with Gasteiger partial charge >= 0.3 is 12.1 Å². The molecule has 0 aliphatic carbocycles. The van der Waals surface area contributed by atoms with Crippen LogP contribution in [-0.4, -0.2) is 33.6 Å². The van der Waals surface area contributed by atoms with Gasteiger partial charge in [0.2, 0.25) is 5.88 Å². The Bertz CT molecular complexity index is 1330. The van der Waals surface area contributed by atoms with Crippen molar-refractivity contribution in [2.24, 2.45) is 0 Å². The summed E-state index contributed by atoms with van der Waals surface area (Å²) >= 11 is 0. The minimum Gasteiger partial charge on any atom is -0.478 e. The molecule has 0 saturated carbocycles. The van der Waals surface area contributed by atoms with Crippen molar-refractivity contribution < 1.29 is 32.6 Å². The lowest BCUT2D eigenvalue weighted by atomic mass is 9.85. The normalized spacial score (nSPS) is 13.2. The van der Waals surface area contributed by atoms with Crippen molar-refractivity contribution >= 4 is 11.9 Å². The van der Waals surface area contributed by atoms with E-state index in [-0.39, 0.29) is 17.4 Å². The van der Waals surface area contributed by atoms with Gasteiger partial charge < -0.3 is 15.2 Å². The maximum absolute atomic E-state index is 13.2. The second-order valence-electron chi connectivity index (χ2n) is 9.31. The fraction of sp³-hybridized carbons (Fsp3) is 0.286. The van der Waals surface area contributed by atoms with Crippen molar-refractivity contribution in [1.82, 2.24) is 10.3 Å². The van der Waals surface area contributed by atoms with E-state index in [9.17, 15) is 28.0 Å². The predicted molar refractivity (Wildman–Crippen MR) is 133 cm³/mol. The fourth-order valence-corrected chi connectivity index (χ4v) is 3.86. The molecule has 2 unspecified atom stereocenters. The third kappa shape index (κ3) is 7.09. The Hall–Kier alpha value is -4.39. The first kappa shape index (κ1) is 28.2. The number of alkyl halides is 3. The Morgan fingerprint density at radius 3 is 2.34 bits per heavy atom. The van der Waals surface area contributed by atoms with E-state index < -0.39 is 35.3 Å². The minimum absolute atomic E-state index is 0.136. The number of carbonyl (C=O) groups excluding carboxylic acids is 1. The Morgan fingerprint density at radius 2 is 1.79 bits per heavy atom. The number of nitrogens with one attached hydrogen (secondary N) is 1. The van der Waals surface area contributed by atoms with Crippen molar-refractivity contribution in [2.45, 2.75) is 50.9 Å². The summed E-state index contributed by atoms with van der Waals surface area (Å²) in [6.07, 6.45) is -3.47. The quantitative estimate of drug-likeness (QED) is 0.389. The molecule has 0 bridgehead atoms. The average Bonchev–Trinajstić information content (AvgIpc) is 2.87. The number of halogens is 3. The number of aromatic nitrogens is 1. The van der Waals surface area contributed by atoms with E-state index in [1.165, 1.54) is 26.0 Å². The van der Waals surface area contributed by atoms with E-state index in [0.717, 1.165) is 23.3 Å². The van der Waals surface area contributed by atoms with Crippen LogP contribution in [0, 0.1) is 11.3 Å². The number of carboxylic acid groups (broad SMARTS) is 1. The molecule has 0 spiro atoms. The molecule has 0 saturated heterocycles. The first-order chi connectivity index (χ1) is 17.8. The minimum atomic E-state index is -4.54. The van der Waals surface area contributed by atoms with Gasteiger partial charge in [0, 0.05) is 24.2 Å². The second-order valence-corrected chi connectivity index (χ2v) is 9.31. The van der Waals surface area contributed by atoms with Crippen molar-refractivity contribution in [3.05, 3.63) is 94.7 Å². The molecule has 7 nitrogen and oxygen atoms in total. The largest absolute Gasteiger partial charge is 0.478 e. The van der Waals surface area contributed by atoms with Gasteiger partial charge in [0.05, 0.1) is 22.8 Å². The summed E-state index contributed by atoms with van der Waals surface area (Å²) in [7, 11) is 0. The molecule has 2 atom stereocenters. The number of carboxylic acids is 1. The molecule has 0 radical (unpaired) electrons. The van der Waals surface area contributed by atoms with Crippen molar-refractivity contribution in [2.75, 3.05) is 0 Å². The van der Waals surface area contributed by atoms with Crippen molar-refractivity contribution in [3.63, 3.8) is 0 Å². The lowest BCUT2D eigenvalue weighted by molar-refractivity contribution is -0.138. The molecule has 0 aliphatic rings. The standard InChI is InChI=1S/C28H26F3N3O4/c1-17(34-26(37)27(2,3)38-24-12-11-22(16-33-24)28(29,30)31)23(21-6-4-5-19(13-21)15-32)14-18-7-9-20(10-8-18)25(35)36/h4-13,16-17,23H,14H2,1-3H3,(H,34,37)(H,35,36). The van der Waals surface area contributed by atoms with Gasteiger partial charge in [-0.1, -0.05) is 24.3 Å². The smallest absolute Gasteiger partial charge is 0.417 e. The molecular weight excluding hydrogens is 499 g/mol. The average molecular weight is 526 g/mol. The Kier molecular flexibility index (Phi) is 8.41. The van der Waals surface area contributed by atoms with Crippen LogP contribution in [0.4, 0.5) is 13.2 Å². The van der Waals surface area contributed by atoms with Gasteiger partial charge in [-0.3, -0.25) is 4.79 Å². The lowest BCUT2D eigenvalue weighted by Gasteiger charge is -2.30. The first-order valence-electron chi connectivity index (χ1n) is 11.7. The number of rotatable bonds is 9. The molecule has 198 valence electrons. The van der Waals surface area contributed by atoms with Crippen LogP contribution in [0.3, 0.4) is 0 Å². The van der Waals surface area contributed by atoms with Gasteiger partial charge in [-0.15, -0.1) is 0 Å². The molecule has 1 aromatic heterocycles. The van der Waals surface area contributed by atoms with Gasteiger partial charge in [-0.2, -0.15) is 18.4 Å². The Balaban J connectivity index is 1.80. The summed E-state index contributed by atoms with van der Waals surface area (Å²) in [4.78, 5) is 28.0. The molecule has 0 fully saturated rings. The highest BCUT2D eigenvalue weighted by atomic mass is 19.4. The van der Waals surface area contributed by atoms with Gasteiger partial charge in [0.1, 0.15) is 0 Å². The summed E-state index contributed by atoms with van der Waals surface area (Å²) in [5, 5.41) is 21.4. The molecule has 0 aliphatic heterocycles. The lowest BCUT2D eigenvalue weighted by Crippen LogP contribution is -2.51. The predicted octanol–water partition coefficient (Wildman–Crippen LogP) is 5.36. The van der Waals surface area contributed by atoms with Crippen LogP contribution >= 0.6 is 0 Å². The maximum Gasteiger partial charge on any atom is 0.417 e. The molecule has 38 heavy (non-hydrogen) atoms. The zero-order chi connectivity index (χ0) is 28.1. The number of carbonyl (C=O) groups is 2. The second kappa shape index (κ2) is 11.3. The van der Waals surface area contributed by atoms with Gasteiger partial charge in [0.15, 0.2) is 5.60 Å². The van der Waals surface area contributed by atoms with Crippen molar-refractivity contribution in [3.8, 4) is 11.9 Å². The molecule has 2 aromatic carbocycles. The number of nitriles is 1. The highest BCUT2D eigenvalue weighted by Crippen LogP contribution is 2.30. The van der Waals surface area contributed by atoms with Crippen molar-refractivity contribution in [1.29, 1.82) is 5.26 Å². The zero-order valence-electron chi connectivity index (χ0n) is 20.9. The SMILES string of the molecule is CC(NC(=O)C(C)(C)Oc1ccc(C(F)(F)F)cn1)C(Cc1ccc(C(=O)O)cc1)c1cccc(C#N)c1. The maximum atomic E-state index is 13.2. The molecule has 10 heteroatoms. The Morgan fingerprint density at radius 1 is 1.11 bits per heavy atom. The number of hydrogen-bond acceptors (Lipinski definition) is 5. The molecule has 3 rings (SSSR count). The molecular formula is C28H26F3N3O4. The Labute approximate surface area is 217 Å². The van der Waals surface area contributed by atoms with Gasteiger partial charge in [-0.05, 0) is 68.7 Å². The monoisotopic (exact) mass is 525 g/mol. The van der Waals surface area contributed by atoms with Crippen LogP contribution in [0.2, 0.25) is 0 Å². The molecule has 3 aromatic rings. The fourth-order valence-electron chi connectivity index (χ4n) is 3.86. The van der Waals surface area contributed by atoms with E-state index in [1.54, 1.807) is 37.3 Å². The van der Waals surface area contributed by atoms with E-state index in [4.69, 9.17) is 9.84 Å². The van der Waals surface area contributed by atoms with E-state index in [2.05, 4.69) is 16.4 Å². The van der Waals surface area contributed by atoms with Gasteiger partial charge in [-0.25, -0.2) is 9.78 Å². The molecule has 2 N–H and O–H groups in total. The third-order valence-corrected chi connectivity index (χ3v) is 6.03. The first-order valence-corrected chi connectivity index (χ1v) is 11.7. The van der Waals surface area contributed by atoms with E-state index >= 15 is 0 Å². The zero-order valence-corrected chi connectivity index (χ0v) is 20.9. The number of aromatic carboxylic acids is 1. The van der Waals surface area contributed by atoms with Crippen LogP contribution in [0.15, 0.2) is 66.9 Å². The van der Waals surface area contributed by atoms with Crippen LogP contribution < -0.4 is 10.1 Å². The number of hydrogen-bond donors (Lipinski definition) is 2. The number of amides is 1. The number of ether oxygens (including phenoxy) is 1. The van der Waals surface area contributed by atoms with E-state index in [1.807, 2.05) is 6.07 Å².